The number of alkyl halides is 2. The number of aromatic nitrogens is 3. The predicted octanol–water partition coefficient (Wildman–Crippen LogP) is 5.86. The van der Waals surface area contributed by atoms with Crippen molar-refractivity contribution in [3.05, 3.63) is 143 Å². The van der Waals surface area contributed by atoms with Crippen molar-refractivity contribution >= 4 is 6.34 Å². The van der Waals surface area contributed by atoms with Crippen LogP contribution in [0.1, 0.15) is 27.9 Å². The van der Waals surface area contributed by atoms with E-state index in [1.165, 1.54) is 6.07 Å². The lowest BCUT2D eigenvalue weighted by Gasteiger charge is -2.34. The molecule has 0 spiro atoms. The second-order valence-electron chi connectivity index (χ2n) is 9.86. The summed E-state index contributed by atoms with van der Waals surface area (Å²) in [6.45, 7) is -0.704. The molecule has 5 aromatic rings. The number of benzene rings is 3. The van der Waals surface area contributed by atoms with Crippen LogP contribution in [-0.2, 0) is 18.1 Å². The van der Waals surface area contributed by atoms with Gasteiger partial charge in [-0.1, -0.05) is 29.2 Å². The summed E-state index contributed by atoms with van der Waals surface area (Å²) in [4.78, 5) is 7.36. The Kier molecular flexibility index (Phi) is 9.49. The van der Waals surface area contributed by atoms with Crippen molar-refractivity contribution in [1.29, 1.82) is 0 Å². The van der Waals surface area contributed by atoms with Crippen molar-refractivity contribution in [3.8, 4) is 23.3 Å². The van der Waals surface area contributed by atoms with Gasteiger partial charge in [-0.3, -0.25) is 9.98 Å². The number of halogens is 4. The number of pyridine rings is 1. The second kappa shape index (κ2) is 13.8. The zero-order chi connectivity index (χ0) is 32.6. The van der Waals surface area contributed by atoms with E-state index in [0.717, 1.165) is 42.0 Å². The van der Waals surface area contributed by atoms with Crippen molar-refractivity contribution in [1.82, 2.24) is 14.8 Å². The summed E-state index contributed by atoms with van der Waals surface area (Å²) in [6, 6.07) is 20.8. The van der Waals surface area contributed by atoms with Crippen molar-refractivity contribution in [2.45, 2.75) is 18.1 Å². The van der Waals surface area contributed by atoms with Crippen LogP contribution in [0, 0.1) is 23.5 Å². The Morgan fingerprint density at radius 3 is 2.35 bits per heavy atom. The average molecular weight is 628 g/mol. The maximum absolute atomic E-state index is 15.8. The molecule has 0 aliphatic heterocycles. The van der Waals surface area contributed by atoms with Crippen molar-refractivity contribution in [2.75, 3.05) is 6.54 Å². The topological polar surface area (TPSA) is 123 Å². The highest BCUT2D eigenvalue weighted by Crippen LogP contribution is 2.46. The van der Waals surface area contributed by atoms with Gasteiger partial charge in [0.1, 0.15) is 36.0 Å². The number of hydrogen-bond donors (Lipinski definition) is 2. The lowest BCUT2D eigenvalue weighted by molar-refractivity contribution is -0.193. The van der Waals surface area contributed by atoms with E-state index in [1.54, 1.807) is 35.1 Å². The summed E-state index contributed by atoms with van der Waals surface area (Å²) < 4.78 is 67.3. The predicted molar refractivity (Wildman–Crippen MR) is 161 cm³/mol. The SMILES string of the molecule is NN=NC=NCC(O)(c1ccc(F)cc1F)C(F)(F)c1ccc(C#Cc2ccc(OCc3ccc(-n4cccn4)cc3)cc2)cn1. The van der Waals surface area contributed by atoms with Crippen molar-refractivity contribution < 1.29 is 27.4 Å². The first-order valence-corrected chi connectivity index (χ1v) is 13.6. The molecule has 0 saturated carbocycles. The molecule has 2 heterocycles. The Balaban J connectivity index is 1.26. The zero-order valence-electron chi connectivity index (χ0n) is 23.9. The number of aliphatic imine (C=N–C) groups is 1. The van der Waals surface area contributed by atoms with Gasteiger partial charge in [-0.15, -0.1) is 5.11 Å². The minimum Gasteiger partial charge on any atom is -0.489 e. The number of nitrogens with zero attached hydrogens (tertiary/aromatic N) is 6. The molecule has 0 bridgehead atoms. The Morgan fingerprint density at radius 2 is 1.70 bits per heavy atom. The fourth-order valence-electron chi connectivity index (χ4n) is 4.40. The summed E-state index contributed by atoms with van der Waals surface area (Å²) in [5.41, 5.74) is -2.18. The van der Waals surface area contributed by atoms with Crippen LogP contribution in [0.3, 0.4) is 0 Å². The largest absolute Gasteiger partial charge is 0.489 e. The molecule has 9 nitrogen and oxygen atoms in total. The number of rotatable bonds is 10. The Morgan fingerprint density at radius 1 is 0.957 bits per heavy atom. The van der Waals surface area contributed by atoms with E-state index in [-0.39, 0.29) is 0 Å². The van der Waals surface area contributed by atoms with E-state index >= 15 is 8.78 Å². The van der Waals surface area contributed by atoms with E-state index in [9.17, 15) is 13.9 Å². The quantitative estimate of drug-likeness (QED) is 0.0382. The lowest BCUT2D eigenvalue weighted by atomic mass is 9.84. The highest BCUT2D eigenvalue weighted by atomic mass is 19.3. The van der Waals surface area contributed by atoms with E-state index in [2.05, 4.69) is 37.3 Å². The average Bonchev–Trinajstić information content (AvgIpc) is 3.61. The molecule has 0 fully saturated rings. The van der Waals surface area contributed by atoms with Crippen LogP contribution in [-0.4, -0.2) is 32.8 Å². The smallest absolute Gasteiger partial charge is 0.323 e. The van der Waals surface area contributed by atoms with Crippen LogP contribution in [0.2, 0.25) is 0 Å². The summed E-state index contributed by atoms with van der Waals surface area (Å²) in [5, 5.41) is 21.4. The molecular weight excluding hydrogens is 602 g/mol. The third kappa shape index (κ3) is 7.09. The van der Waals surface area contributed by atoms with Gasteiger partial charge in [0.05, 0.1) is 12.2 Å². The van der Waals surface area contributed by atoms with Crippen molar-refractivity contribution in [2.24, 2.45) is 21.2 Å². The van der Waals surface area contributed by atoms with Crippen LogP contribution in [0.25, 0.3) is 5.69 Å². The van der Waals surface area contributed by atoms with Crippen LogP contribution in [0.5, 0.6) is 5.75 Å². The Labute approximate surface area is 260 Å². The monoisotopic (exact) mass is 627 g/mol. The van der Waals surface area contributed by atoms with Gasteiger partial charge >= 0.3 is 5.92 Å². The van der Waals surface area contributed by atoms with Crippen molar-refractivity contribution in [3.63, 3.8) is 0 Å². The van der Waals surface area contributed by atoms with Gasteiger partial charge in [0.25, 0.3) is 0 Å². The summed E-state index contributed by atoms with van der Waals surface area (Å²) >= 11 is 0. The Hall–Kier alpha value is -5.87. The first-order chi connectivity index (χ1) is 22.2. The third-order valence-corrected chi connectivity index (χ3v) is 6.82. The molecule has 13 heteroatoms. The van der Waals surface area contributed by atoms with Gasteiger partial charge in [0.15, 0.2) is 5.60 Å². The molecule has 0 radical (unpaired) electrons. The second-order valence-corrected chi connectivity index (χ2v) is 9.86. The first kappa shape index (κ1) is 31.6. The van der Waals surface area contributed by atoms with E-state index in [0.29, 0.717) is 29.5 Å². The van der Waals surface area contributed by atoms with Gasteiger partial charge in [0, 0.05) is 41.3 Å². The minimum absolute atomic E-state index is 0.302. The molecule has 0 aliphatic carbocycles. The summed E-state index contributed by atoms with van der Waals surface area (Å²) in [6.07, 6.45) is 5.38. The van der Waals surface area contributed by atoms with Gasteiger partial charge in [-0.25, -0.2) is 13.5 Å². The molecule has 46 heavy (non-hydrogen) atoms. The maximum Gasteiger partial charge on any atom is 0.323 e. The highest BCUT2D eigenvalue weighted by Gasteiger charge is 2.57. The number of nitrogens with two attached hydrogens (primary N) is 1. The minimum atomic E-state index is -4.19. The number of ether oxygens (including phenoxy) is 1. The lowest BCUT2D eigenvalue weighted by Crippen LogP contribution is -2.47. The number of hydrogen-bond acceptors (Lipinski definition) is 6. The molecule has 3 N–H and O–H groups in total. The van der Waals surface area contributed by atoms with E-state index in [1.807, 2.05) is 36.5 Å². The number of aliphatic hydroxyl groups is 1. The molecule has 3 aromatic carbocycles. The summed E-state index contributed by atoms with van der Waals surface area (Å²) in [7, 11) is 0. The van der Waals surface area contributed by atoms with Gasteiger partial charge in [0.2, 0.25) is 0 Å². The van der Waals surface area contributed by atoms with Crippen LogP contribution in [0.15, 0.2) is 119 Å². The normalized spacial score (nSPS) is 13.0. The molecule has 0 amide bonds. The maximum atomic E-state index is 15.8. The molecule has 0 aliphatic rings. The molecule has 1 atom stereocenters. The molecule has 1 unspecified atom stereocenters. The van der Waals surface area contributed by atoms with Crippen LogP contribution >= 0.6 is 0 Å². The van der Waals surface area contributed by atoms with Gasteiger partial charge in [-0.05, 0) is 72.3 Å². The summed E-state index contributed by atoms with van der Waals surface area (Å²) in [5.74, 6) is 4.67. The zero-order valence-corrected chi connectivity index (χ0v) is 23.9. The molecule has 2 aromatic heterocycles. The third-order valence-electron chi connectivity index (χ3n) is 6.82. The van der Waals surface area contributed by atoms with E-state index < -0.39 is 41.0 Å². The fourth-order valence-corrected chi connectivity index (χ4v) is 4.40. The molecule has 0 saturated heterocycles. The standard InChI is InChI=1S/C33H25F4N7O2/c34-26-9-14-29(30(35)18-26)32(45,21-39-22-41-43-38)33(36,37)31-15-8-24(19-40-31)3-2-23-6-12-28(13-7-23)46-20-25-4-10-27(11-5-25)44-17-1-16-42-44/h1,4-19,22,45H,20-21H2,(H2,38,39,41). The Bertz CT molecular complexity index is 1890. The van der Waals surface area contributed by atoms with Gasteiger partial charge < -0.3 is 15.7 Å². The molecule has 232 valence electrons. The van der Waals surface area contributed by atoms with Crippen LogP contribution in [0.4, 0.5) is 17.6 Å². The highest BCUT2D eigenvalue weighted by molar-refractivity contribution is 5.54. The molecule has 5 rings (SSSR count). The van der Waals surface area contributed by atoms with E-state index in [4.69, 9.17) is 10.6 Å². The van der Waals surface area contributed by atoms with Gasteiger partial charge in [-0.2, -0.15) is 13.9 Å². The molecular formula is C33H25F4N7O2. The van der Waals surface area contributed by atoms with Crippen LogP contribution < -0.4 is 10.6 Å². The first-order valence-electron chi connectivity index (χ1n) is 13.6. The fraction of sp³-hybridized carbons (Fsp3) is 0.121.